The fourth-order valence-corrected chi connectivity index (χ4v) is 5.17. The Morgan fingerprint density at radius 2 is 1.84 bits per heavy atom. The Hall–Kier alpha value is -2.38. The Labute approximate surface area is 186 Å². The number of rotatable bonds is 8. The third-order valence-corrected chi connectivity index (χ3v) is 7.41. The molecule has 0 spiro atoms. The van der Waals surface area contributed by atoms with Crippen molar-refractivity contribution in [1.29, 1.82) is 0 Å². The molecule has 6 nitrogen and oxygen atoms in total. The van der Waals surface area contributed by atoms with Gasteiger partial charge in [-0.25, -0.2) is 8.42 Å². The normalized spacial score (nSPS) is 19.7. The highest BCUT2D eigenvalue weighted by atomic mass is 32.2. The second-order valence-corrected chi connectivity index (χ2v) is 10.1. The van der Waals surface area contributed by atoms with Gasteiger partial charge in [0, 0.05) is 32.7 Å². The van der Waals surface area contributed by atoms with Gasteiger partial charge in [-0.3, -0.25) is 4.99 Å². The molecule has 2 aromatic rings. The van der Waals surface area contributed by atoms with Crippen LogP contribution >= 0.6 is 0 Å². The Morgan fingerprint density at radius 1 is 1.10 bits per heavy atom. The molecule has 2 atom stereocenters. The highest BCUT2D eigenvalue weighted by Crippen LogP contribution is 2.33. The summed E-state index contributed by atoms with van der Waals surface area (Å²) in [5.41, 5.74) is 2.46. The van der Waals surface area contributed by atoms with Gasteiger partial charge in [-0.1, -0.05) is 48.0 Å². The first-order chi connectivity index (χ1) is 15.0. The first kappa shape index (κ1) is 23.3. The van der Waals surface area contributed by atoms with E-state index in [2.05, 4.69) is 46.8 Å². The summed E-state index contributed by atoms with van der Waals surface area (Å²) in [5.74, 6) is 1.14. The maximum atomic E-state index is 12.4. The SMILES string of the molecule is CN=C(NCCCS(=O)(=O)c1ccccc1)NCC1CCCOC1c1ccc(C)cc1. The van der Waals surface area contributed by atoms with E-state index in [0.717, 1.165) is 26.0 Å². The van der Waals surface area contributed by atoms with E-state index in [9.17, 15) is 8.42 Å². The summed E-state index contributed by atoms with van der Waals surface area (Å²) in [6, 6.07) is 17.1. The highest BCUT2D eigenvalue weighted by Gasteiger charge is 2.27. The molecule has 7 heteroatoms. The minimum Gasteiger partial charge on any atom is -0.373 e. The summed E-state index contributed by atoms with van der Waals surface area (Å²) < 4.78 is 30.9. The van der Waals surface area contributed by atoms with Gasteiger partial charge in [0.2, 0.25) is 0 Å². The second kappa shape index (κ2) is 11.3. The summed E-state index contributed by atoms with van der Waals surface area (Å²) in [5, 5.41) is 6.62. The summed E-state index contributed by atoms with van der Waals surface area (Å²) in [7, 11) is -1.53. The average Bonchev–Trinajstić information content (AvgIpc) is 2.80. The minimum atomic E-state index is -3.25. The molecular weight excluding hydrogens is 410 g/mol. The fraction of sp³-hybridized carbons (Fsp3) is 0.458. The van der Waals surface area contributed by atoms with Crippen LogP contribution in [0, 0.1) is 12.8 Å². The lowest BCUT2D eigenvalue weighted by Crippen LogP contribution is -2.42. The predicted molar refractivity (Wildman–Crippen MR) is 125 cm³/mol. The number of benzene rings is 2. The number of hydrogen-bond donors (Lipinski definition) is 2. The summed E-state index contributed by atoms with van der Waals surface area (Å²) >= 11 is 0. The number of nitrogens with zero attached hydrogens (tertiary/aromatic N) is 1. The molecule has 0 amide bonds. The molecule has 0 aliphatic carbocycles. The van der Waals surface area contributed by atoms with Crippen LogP contribution in [0.3, 0.4) is 0 Å². The maximum absolute atomic E-state index is 12.4. The van der Waals surface area contributed by atoms with E-state index >= 15 is 0 Å². The Morgan fingerprint density at radius 3 is 2.55 bits per heavy atom. The lowest BCUT2D eigenvalue weighted by molar-refractivity contribution is -0.0265. The van der Waals surface area contributed by atoms with Crippen LogP contribution in [-0.2, 0) is 14.6 Å². The van der Waals surface area contributed by atoms with Crippen LogP contribution in [0.25, 0.3) is 0 Å². The molecule has 1 heterocycles. The Kier molecular flexibility index (Phi) is 8.49. The van der Waals surface area contributed by atoms with Gasteiger partial charge in [0.05, 0.1) is 16.8 Å². The number of ether oxygens (including phenoxy) is 1. The van der Waals surface area contributed by atoms with Crippen LogP contribution in [0.5, 0.6) is 0 Å². The number of aliphatic imine (C=N–C) groups is 1. The third-order valence-electron chi connectivity index (χ3n) is 5.59. The van der Waals surface area contributed by atoms with Crippen molar-refractivity contribution in [3.63, 3.8) is 0 Å². The zero-order valence-corrected chi connectivity index (χ0v) is 19.2. The lowest BCUT2D eigenvalue weighted by atomic mass is 9.89. The van der Waals surface area contributed by atoms with Crippen molar-refractivity contribution in [2.75, 3.05) is 32.5 Å². The largest absolute Gasteiger partial charge is 0.373 e. The predicted octanol–water partition coefficient (Wildman–Crippen LogP) is 3.49. The van der Waals surface area contributed by atoms with E-state index in [-0.39, 0.29) is 11.9 Å². The minimum absolute atomic E-state index is 0.0796. The molecule has 3 rings (SSSR count). The van der Waals surface area contributed by atoms with E-state index < -0.39 is 9.84 Å². The standard InChI is InChI=1S/C24H33N3O3S/c1-19-11-13-20(14-12-19)23-21(8-6-16-30-23)18-27-24(25-2)26-15-7-17-31(28,29)22-9-4-3-5-10-22/h3-5,9-14,21,23H,6-8,15-18H2,1-2H3,(H2,25,26,27). The van der Waals surface area contributed by atoms with Gasteiger partial charge < -0.3 is 15.4 Å². The molecule has 0 aromatic heterocycles. The van der Waals surface area contributed by atoms with Gasteiger partial charge in [0.25, 0.3) is 0 Å². The van der Waals surface area contributed by atoms with Crippen LogP contribution in [0.2, 0.25) is 0 Å². The van der Waals surface area contributed by atoms with Crippen LogP contribution in [0.1, 0.15) is 36.5 Å². The first-order valence-electron chi connectivity index (χ1n) is 10.9. The van der Waals surface area contributed by atoms with Gasteiger partial charge in [0.15, 0.2) is 15.8 Å². The van der Waals surface area contributed by atoms with Crippen molar-refractivity contribution in [1.82, 2.24) is 10.6 Å². The number of aryl methyl sites for hydroxylation is 1. The molecule has 1 fully saturated rings. The quantitative estimate of drug-likeness (QED) is 0.371. The molecule has 2 unspecified atom stereocenters. The molecule has 2 N–H and O–H groups in total. The number of sulfone groups is 1. The summed E-state index contributed by atoms with van der Waals surface area (Å²) in [6.45, 7) is 4.16. The fourth-order valence-electron chi connectivity index (χ4n) is 3.84. The van der Waals surface area contributed by atoms with Crippen LogP contribution in [0.4, 0.5) is 0 Å². The Bertz CT molecular complexity index is 944. The summed E-state index contributed by atoms with van der Waals surface area (Å²) in [6.07, 6.45) is 2.74. The molecule has 31 heavy (non-hydrogen) atoms. The molecule has 168 valence electrons. The monoisotopic (exact) mass is 443 g/mol. The third kappa shape index (κ3) is 6.80. The van der Waals surface area contributed by atoms with Crippen molar-refractivity contribution in [2.24, 2.45) is 10.9 Å². The van der Waals surface area contributed by atoms with Crippen LogP contribution in [-0.4, -0.2) is 46.9 Å². The van der Waals surface area contributed by atoms with E-state index in [0.29, 0.717) is 29.7 Å². The summed E-state index contributed by atoms with van der Waals surface area (Å²) in [4.78, 5) is 4.65. The van der Waals surface area contributed by atoms with Gasteiger partial charge in [-0.05, 0) is 43.9 Å². The molecule has 0 saturated carbocycles. The molecule has 0 radical (unpaired) electrons. The van der Waals surface area contributed by atoms with Gasteiger partial charge in [-0.2, -0.15) is 0 Å². The lowest BCUT2D eigenvalue weighted by Gasteiger charge is -2.32. The number of guanidine groups is 1. The van der Waals surface area contributed by atoms with E-state index in [1.807, 2.05) is 6.07 Å². The van der Waals surface area contributed by atoms with Crippen molar-refractivity contribution in [3.05, 3.63) is 65.7 Å². The first-order valence-corrected chi connectivity index (χ1v) is 12.6. The topological polar surface area (TPSA) is 79.8 Å². The van der Waals surface area contributed by atoms with E-state index in [1.165, 1.54) is 11.1 Å². The molecule has 1 saturated heterocycles. The zero-order chi connectivity index (χ0) is 22.1. The van der Waals surface area contributed by atoms with Crippen molar-refractivity contribution < 1.29 is 13.2 Å². The zero-order valence-electron chi connectivity index (χ0n) is 18.4. The van der Waals surface area contributed by atoms with Crippen LogP contribution in [0.15, 0.2) is 64.5 Å². The maximum Gasteiger partial charge on any atom is 0.190 e. The molecule has 0 bridgehead atoms. The van der Waals surface area contributed by atoms with Crippen molar-refractivity contribution >= 4 is 15.8 Å². The smallest absolute Gasteiger partial charge is 0.190 e. The Balaban J connectivity index is 1.46. The van der Waals surface area contributed by atoms with E-state index in [4.69, 9.17) is 4.74 Å². The molecular formula is C24H33N3O3S. The average molecular weight is 444 g/mol. The number of hydrogen-bond acceptors (Lipinski definition) is 4. The molecule has 1 aliphatic heterocycles. The van der Waals surface area contributed by atoms with E-state index in [1.54, 1.807) is 31.3 Å². The van der Waals surface area contributed by atoms with Crippen molar-refractivity contribution in [2.45, 2.75) is 37.2 Å². The molecule has 2 aromatic carbocycles. The number of nitrogens with one attached hydrogen (secondary N) is 2. The van der Waals surface area contributed by atoms with Crippen LogP contribution < -0.4 is 10.6 Å². The molecule has 1 aliphatic rings. The highest BCUT2D eigenvalue weighted by molar-refractivity contribution is 7.91. The van der Waals surface area contributed by atoms with Gasteiger partial charge in [0.1, 0.15) is 0 Å². The van der Waals surface area contributed by atoms with Crippen molar-refractivity contribution in [3.8, 4) is 0 Å². The van der Waals surface area contributed by atoms with Gasteiger partial charge >= 0.3 is 0 Å². The second-order valence-electron chi connectivity index (χ2n) is 7.97. The van der Waals surface area contributed by atoms with Gasteiger partial charge in [-0.15, -0.1) is 0 Å².